The lowest BCUT2D eigenvalue weighted by Crippen LogP contribution is -2.38. The molecule has 4 rings (SSSR count). The number of methoxy groups -OCH3 is 2. The maximum absolute atomic E-state index is 13.7. The van der Waals surface area contributed by atoms with Crippen LogP contribution in [0.4, 0.5) is 21.5 Å². The highest BCUT2D eigenvalue weighted by atomic mass is 32.2. The number of rotatable bonds is 11. The van der Waals surface area contributed by atoms with E-state index in [-0.39, 0.29) is 26.9 Å². The number of benzene rings is 4. The van der Waals surface area contributed by atoms with Crippen LogP contribution in [0.15, 0.2) is 101 Å². The van der Waals surface area contributed by atoms with Crippen LogP contribution in [0.25, 0.3) is 0 Å². The third kappa shape index (κ3) is 6.98. The molecule has 0 heterocycles. The molecular weight excluding hydrogens is 585 g/mol. The van der Waals surface area contributed by atoms with E-state index in [1.807, 2.05) is 6.92 Å². The van der Waals surface area contributed by atoms with E-state index >= 15 is 0 Å². The van der Waals surface area contributed by atoms with Crippen molar-refractivity contribution in [2.45, 2.75) is 16.7 Å². The second-order valence-electron chi connectivity index (χ2n) is 9.05. The summed E-state index contributed by atoms with van der Waals surface area (Å²) in [5.74, 6) is -0.841. The Kier molecular flexibility index (Phi) is 9.02. The van der Waals surface area contributed by atoms with Crippen molar-refractivity contribution in [1.82, 2.24) is 0 Å². The van der Waals surface area contributed by atoms with Gasteiger partial charge in [0.25, 0.3) is 20.0 Å². The van der Waals surface area contributed by atoms with Crippen molar-refractivity contribution in [2.24, 2.45) is 0 Å². The van der Waals surface area contributed by atoms with Crippen molar-refractivity contribution in [3.05, 3.63) is 102 Å². The fourth-order valence-electron chi connectivity index (χ4n) is 3.91. The normalized spacial score (nSPS) is 11.4. The van der Waals surface area contributed by atoms with Gasteiger partial charge in [0.05, 0.1) is 29.7 Å². The van der Waals surface area contributed by atoms with Gasteiger partial charge in [-0.1, -0.05) is 17.7 Å². The number of hydrogen-bond donors (Lipinski definition) is 2. The van der Waals surface area contributed by atoms with Crippen LogP contribution in [0, 0.1) is 12.7 Å². The fraction of sp³-hybridized carbons (Fsp3) is 0.138. The summed E-state index contributed by atoms with van der Waals surface area (Å²) in [7, 11) is -5.47. The van der Waals surface area contributed by atoms with Gasteiger partial charge in [0, 0.05) is 17.4 Å². The largest absolute Gasteiger partial charge is 0.493 e. The first-order valence-corrected chi connectivity index (χ1v) is 15.3. The molecular formula is C29H28FN3O7S2. The minimum Gasteiger partial charge on any atom is -0.493 e. The average Bonchev–Trinajstić information content (AvgIpc) is 2.97. The number of hydrogen-bond acceptors (Lipinski definition) is 7. The molecule has 0 bridgehead atoms. The molecule has 0 aromatic heterocycles. The molecule has 0 saturated carbocycles. The molecule has 0 spiro atoms. The average molecular weight is 614 g/mol. The SMILES string of the molecule is COc1ccc(S(=O)(=O)N(CC(=O)Nc2ccc(S(=O)(=O)Nc3ccc(C)cc3)cc2)c2ccc(F)cc2)cc1OC. The number of nitrogens with zero attached hydrogens (tertiary/aromatic N) is 1. The zero-order valence-corrected chi connectivity index (χ0v) is 24.5. The topological polar surface area (TPSA) is 131 Å². The first-order valence-electron chi connectivity index (χ1n) is 12.4. The number of amides is 1. The number of ether oxygens (including phenoxy) is 2. The Balaban J connectivity index is 1.55. The monoisotopic (exact) mass is 613 g/mol. The summed E-state index contributed by atoms with van der Waals surface area (Å²) in [4.78, 5) is 12.8. The Labute approximate surface area is 243 Å². The summed E-state index contributed by atoms with van der Waals surface area (Å²) >= 11 is 0. The second-order valence-corrected chi connectivity index (χ2v) is 12.6. The van der Waals surface area contributed by atoms with E-state index in [1.54, 1.807) is 24.3 Å². The Bertz CT molecular complexity index is 1780. The van der Waals surface area contributed by atoms with Crippen molar-refractivity contribution in [3.63, 3.8) is 0 Å². The van der Waals surface area contributed by atoms with Crippen LogP contribution in [0.2, 0.25) is 0 Å². The maximum atomic E-state index is 13.7. The summed E-state index contributed by atoms with van der Waals surface area (Å²) < 4.78 is 80.2. The number of halogens is 1. The summed E-state index contributed by atoms with van der Waals surface area (Å²) in [6.45, 7) is 1.22. The number of sulfonamides is 2. The first-order chi connectivity index (χ1) is 19.9. The van der Waals surface area contributed by atoms with Crippen LogP contribution in [-0.4, -0.2) is 43.5 Å². The van der Waals surface area contributed by atoms with E-state index in [9.17, 15) is 26.0 Å². The lowest BCUT2D eigenvalue weighted by Gasteiger charge is -2.24. The smallest absolute Gasteiger partial charge is 0.264 e. The second kappa shape index (κ2) is 12.5. The molecule has 4 aromatic carbocycles. The van der Waals surface area contributed by atoms with Gasteiger partial charge >= 0.3 is 0 Å². The van der Waals surface area contributed by atoms with Gasteiger partial charge in [-0.25, -0.2) is 21.2 Å². The van der Waals surface area contributed by atoms with Crippen LogP contribution in [0.5, 0.6) is 11.5 Å². The van der Waals surface area contributed by atoms with Crippen molar-refractivity contribution in [3.8, 4) is 11.5 Å². The molecule has 0 aliphatic rings. The van der Waals surface area contributed by atoms with Crippen LogP contribution >= 0.6 is 0 Å². The zero-order chi connectivity index (χ0) is 30.5. The van der Waals surface area contributed by atoms with Crippen LogP contribution in [0.3, 0.4) is 0 Å². The Morgan fingerprint density at radius 1 is 0.762 bits per heavy atom. The number of carbonyl (C=O) groups excluding carboxylic acids is 1. The van der Waals surface area contributed by atoms with E-state index < -0.39 is 38.3 Å². The molecule has 0 fully saturated rings. The highest BCUT2D eigenvalue weighted by Gasteiger charge is 2.28. The van der Waals surface area contributed by atoms with Crippen molar-refractivity contribution < 1.29 is 35.5 Å². The van der Waals surface area contributed by atoms with Gasteiger partial charge in [0.15, 0.2) is 11.5 Å². The van der Waals surface area contributed by atoms with E-state index in [4.69, 9.17) is 9.47 Å². The predicted octanol–water partition coefficient (Wildman–Crippen LogP) is 4.79. The molecule has 0 atom stereocenters. The van der Waals surface area contributed by atoms with E-state index in [0.717, 1.165) is 22.0 Å². The van der Waals surface area contributed by atoms with Crippen molar-refractivity contribution >= 4 is 43.0 Å². The van der Waals surface area contributed by atoms with Gasteiger partial charge in [-0.15, -0.1) is 0 Å². The van der Waals surface area contributed by atoms with E-state index in [1.165, 1.54) is 68.8 Å². The fourth-order valence-corrected chi connectivity index (χ4v) is 6.41. The molecule has 13 heteroatoms. The van der Waals surface area contributed by atoms with Crippen molar-refractivity contribution in [1.29, 1.82) is 0 Å². The molecule has 1 amide bonds. The maximum Gasteiger partial charge on any atom is 0.264 e. The Morgan fingerprint density at radius 3 is 1.93 bits per heavy atom. The Hall–Kier alpha value is -4.62. The minimum atomic E-state index is -4.34. The molecule has 42 heavy (non-hydrogen) atoms. The molecule has 4 aromatic rings. The molecule has 220 valence electrons. The van der Waals surface area contributed by atoms with Crippen LogP contribution < -0.4 is 23.8 Å². The minimum absolute atomic E-state index is 0.0370. The zero-order valence-electron chi connectivity index (χ0n) is 22.9. The number of carbonyl (C=O) groups is 1. The molecule has 0 saturated heterocycles. The third-order valence-corrected chi connectivity index (χ3v) is 9.26. The molecule has 0 aliphatic heterocycles. The molecule has 0 aliphatic carbocycles. The number of anilines is 3. The van der Waals surface area contributed by atoms with E-state index in [0.29, 0.717) is 11.4 Å². The van der Waals surface area contributed by atoms with Gasteiger partial charge in [-0.3, -0.25) is 13.8 Å². The molecule has 2 N–H and O–H groups in total. The van der Waals surface area contributed by atoms with Gasteiger partial charge < -0.3 is 14.8 Å². The van der Waals surface area contributed by atoms with Crippen LogP contribution in [0.1, 0.15) is 5.56 Å². The number of aryl methyl sites for hydroxylation is 1. The van der Waals surface area contributed by atoms with Gasteiger partial charge in [0.1, 0.15) is 12.4 Å². The standard InChI is InChI=1S/C29H28FN3O7S2/c1-20-4-8-23(9-5-20)32-41(35,36)25-14-10-22(11-15-25)31-29(34)19-33(24-12-6-21(30)7-13-24)42(37,38)26-16-17-27(39-2)28(18-26)40-3/h4-18,32H,19H2,1-3H3,(H,31,34). The first kappa shape index (κ1) is 30.3. The van der Waals surface area contributed by atoms with Crippen molar-refractivity contribution in [2.75, 3.05) is 35.1 Å². The summed E-state index contributed by atoms with van der Waals surface area (Å²) in [6, 6.07) is 20.8. The lowest BCUT2D eigenvalue weighted by atomic mass is 10.2. The quantitative estimate of drug-likeness (QED) is 0.249. The van der Waals surface area contributed by atoms with Gasteiger partial charge in [-0.2, -0.15) is 0 Å². The Morgan fingerprint density at radius 2 is 1.33 bits per heavy atom. The summed E-state index contributed by atoms with van der Waals surface area (Å²) in [6.07, 6.45) is 0. The highest BCUT2D eigenvalue weighted by Crippen LogP contribution is 2.32. The third-order valence-electron chi connectivity index (χ3n) is 6.10. The van der Waals surface area contributed by atoms with Crippen LogP contribution in [-0.2, 0) is 24.8 Å². The molecule has 0 unspecified atom stereocenters. The van der Waals surface area contributed by atoms with Gasteiger partial charge in [-0.05, 0) is 79.7 Å². The summed E-state index contributed by atoms with van der Waals surface area (Å²) in [5, 5.41) is 2.57. The highest BCUT2D eigenvalue weighted by molar-refractivity contribution is 7.93. The summed E-state index contributed by atoms with van der Waals surface area (Å²) in [5.41, 5.74) is 1.66. The lowest BCUT2D eigenvalue weighted by molar-refractivity contribution is -0.114. The number of nitrogens with one attached hydrogen (secondary N) is 2. The van der Waals surface area contributed by atoms with E-state index in [2.05, 4.69) is 10.0 Å². The predicted molar refractivity (Wildman–Crippen MR) is 158 cm³/mol. The molecule has 10 nitrogen and oxygen atoms in total. The van der Waals surface area contributed by atoms with Gasteiger partial charge in [0.2, 0.25) is 5.91 Å². The molecule has 0 radical (unpaired) electrons.